The number of thiazole rings is 1. The molecule has 1 aliphatic heterocycles. The zero-order valence-electron chi connectivity index (χ0n) is 11.3. The van der Waals surface area contributed by atoms with E-state index in [1.807, 2.05) is 11.8 Å². The number of nitrogens with zero attached hydrogens (tertiary/aromatic N) is 3. The number of hydrogen-bond acceptors (Lipinski definition) is 4. The summed E-state index contributed by atoms with van der Waals surface area (Å²) < 4.78 is 0. The molecule has 1 aromatic rings. The van der Waals surface area contributed by atoms with Crippen LogP contribution in [0.4, 0.5) is 0 Å². The number of rotatable bonds is 3. The van der Waals surface area contributed by atoms with E-state index in [1.165, 1.54) is 0 Å². The summed E-state index contributed by atoms with van der Waals surface area (Å²) in [6, 6.07) is 0. The van der Waals surface area contributed by atoms with Crippen LogP contribution < -0.4 is 5.73 Å². The van der Waals surface area contributed by atoms with Crippen LogP contribution in [-0.4, -0.2) is 40.4 Å². The van der Waals surface area contributed by atoms with Crippen molar-refractivity contribution in [2.75, 3.05) is 24.6 Å². The van der Waals surface area contributed by atoms with Gasteiger partial charge in [-0.05, 0) is 5.92 Å². The summed E-state index contributed by atoms with van der Waals surface area (Å²) in [6.07, 6.45) is 0. The first-order chi connectivity index (χ1) is 8.66. The van der Waals surface area contributed by atoms with Crippen LogP contribution in [0.15, 0.2) is 10.4 Å². The Morgan fingerprint density at radius 3 is 2.74 bits per heavy atom. The lowest BCUT2D eigenvalue weighted by atomic mass is 10.2. The van der Waals surface area contributed by atoms with E-state index < -0.39 is 0 Å². The van der Waals surface area contributed by atoms with Gasteiger partial charge < -0.3 is 10.6 Å². The van der Waals surface area contributed by atoms with Crippen LogP contribution in [0.2, 0.25) is 0 Å². The molecule has 2 N–H and O–H groups in total. The molecule has 2 heterocycles. The highest BCUT2D eigenvalue weighted by atomic mass is 127. The van der Waals surface area contributed by atoms with Crippen molar-refractivity contribution in [1.82, 2.24) is 9.88 Å². The highest BCUT2D eigenvalue weighted by Crippen LogP contribution is 2.18. The Bertz CT molecular complexity index is 414. The molecule has 0 spiro atoms. The number of aromatic nitrogens is 1. The van der Waals surface area contributed by atoms with Gasteiger partial charge in [0.05, 0.1) is 12.2 Å². The van der Waals surface area contributed by atoms with E-state index in [1.54, 1.807) is 11.3 Å². The number of thioether (sulfide) groups is 1. The van der Waals surface area contributed by atoms with E-state index in [0.29, 0.717) is 18.4 Å². The molecule has 0 aromatic carbocycles. The molecular formula is C12H21IN4S2. The second-order valence-electron chi connectivity index (χ2n) is 4.59. The van der Waals surface area contributed by atoms with E-state index in [2.05, 4.69) is 34.1 Å². The van der Waals surface area contributed by atoms with Crippen molar-refractivity contribution in [3.05, 3.63) is 16.1 Å². The SMILES string of the molecule is CC(C)c1csc(CN=C(N)N2CCSCC2)n1.I. The molecule has 1 aromatic heterocycles. The van der Waals surface area contributed by atoms with Gasteiger partial charge in [0.15, 0.2) is 5.96 Å². The fraction of sp³-hybridized carbons (Fsp3) is 0.667. The Morgan fingerprint density at radius 2 is 2.16 bits per heavy atom. The van der Waals surface area contributed by atoms with Gasteiger partial charge in [0.1, 0.15) is 5.01 Å². The van der Waals surface area contributed by atoms with Gasteiger partial charge in [-0.25, -0.2) is 9.98 Å². The highest BCUT2D eigenvalue weighted by molar-refractivity contribution is 14.0. The van der Waals surface area contributed by atoms with Crippen molar-refractivity contribution in [3.8, 4) is 0 Å². The van der Waals surface area contributed by atoms with Crippen LogP contribution in [0.1, 0.15) is 30.5 Å². The summed E-state index contributed by atoms with van der Waals surface area (Å²) in [5.41, 5.74) is 7.16. The Kier molecular flexibility index (Phi) is 7.45. The average Bonchev–Trinajstić information content (AvgIpc) is 2.86. The first kappa shape index (κ1) is 17.0. The van der Waals surface area contributed by atoms with Crippen LogP contribution in [0.5, 0.6) is 0 Å². The van der Waals surface area contributed by atoms with Crippen LogP contribution in [0.3, 0.4) is 0 Å². The van der Waals surface area contributed by atoms with Crippen LogP contribution >= 0.6 is 47.1 Å². The molecular weight excluding hydrogens is 391 g/mol. The van der Waals surface area contributed by atoms with Gasteiger partial charge in [-0.3, -0.25) is 0 Å². The minimum absolute atomic E-state index is 0. The molecule has 0 bridgehead atoms. The molecule has 0 aliphatic carbocycles. The summed E-state index contributed by atoms with van der Waals surface area (Å²) in [7, 11) is 0. The normalized spacial score (nSPS) is 16.6. The summed E-state index contributed by atoms with van der Waals surface area (Å²) >= 11 is 3.64. The quantitative estimate of drug-likeness (QED) is 0.471. The van der Waals surface area contributed by atoms with Crippen molar-refractivity contribution in [2.24, 2.45) is 10.7 Å². The molecule has 1 fully saturated rings. The van der Waals surface area contributed by atoms with Gasteiger partial charge in [0.25, 0.3) is 0 Å². The number of nitrogens with two attached hydrogens (primary N) is 1. The van der Waals surface area contributed by atoms with Crippen molar-refractivity contribution in [3.63, 3.8) is 0 Å². The monoisotopic (exact) mass is 412 g/mol. The van der Waals surface area contributed by atoms with Crippen molar-refractivity contribution < 1.29 is 0 Å². The fourth-order valence-corrected chi connectivity index (χ4v) is 3.49. The maximum Gasteiger partial charge on any atom is 0.191 e. The lowest BCUT2D eigenvalue weighted by Gasteiger charge is -2.27. The smallest absolute Gasteiger partial charge is 0.191 e. The number of aliphatic imine (C=N–C) groups is 1. The molecule has 0 radical (unpaired) electrons. The second-order valence-corrected chi connectivity index (χ2v) is 6.76. The van der Waals surface area contributed by atoms with E-state index >= 15 is 0 Å². The van der Waals surface area contributed by atoms with Gasteiger partial charge in [-0.1, -0.05) is 13.8 Å². The molecule has 0 atom stereocenters. The second kappa shape index (κ2) is 8.31. The van der Waals surface area contributed by atoms with E-state index in [0.717, 1.165) is 35.3 Å². The molecule has 19 heavy (non-hydrogen) atoms. The average molecular weight is 412 g/mol. The molecule has 0 saturated carbocycles. The minimum Gasteiger partial charge on any atom is -0.370 e. The predicted molar refractivity (Wildman–Crippen MR) is 95.8 cm³/mol. The lowest BCUT2D eigenvalue weighted by molar-refractivity contribution is 0.455. The summed E-state index contributed by atoms with van der Waals surface area (Å²) in [6.45, 7) is 6.93. The third-order valence-electron chi connectivity index (χ3n) is 2.87. The van der Waals surface area contributed by atoms with Gasteiger partial charge in [0, 0.05) is 30.0 Å². The molecule has 1 aliphatic rings. The number of hydrogen-bond donors (Lipinski definition) is 1. The standard InChI is InChI=1S/C12H20N4S2.HI/c1-9(2)10-8-18-11(15-10)7-14-12(13)16-3-5-17-6-4-16;/h8-9H,3-7H2,1-2H3,(H2,13,14);1H. The first-order valence-corrected chi connectivity index (χ1v) is 8.27. The Balaban J connectivity index is 0.00000180. The molecule has 0 unspecified atom stereocenters. The summed E-state index contributed by atoms with van der Waals surface area (Å²) in [5.74, 6) is 3.43. The van der Waals surface area contributed by atoms with Crippen molar-refractivity contribution in [1.29, 1.82) is 0 Å². The van der Waals surface area contributed by atoms with Crippen molar-refractivity contribution in [2.45, 2.75) is 26.3 Å². The third-order valence-corrected chi connectivity index (χ3v) is 4.67. The Morgan fingerprint density at radius 1 is 1.47 bits per heavy atom. The lowest BCUT2D eigenvalue weighted by Crippen LogP contribution is -2.42. The fourth-order valence-electron chi connectivity index (χ4n) is 1.70. The first-order valence-electron chi connectivity index (χ1n) is 6.23. The van der Waals surface area contributed by atoms with Crippen LogP contribution in [0, 0.1) is 0 Å². The zero-order valence-corrected chi connectivity index (χ0v) is 15.3. The minimum atomic E-state index is 0. The predicted octanol–water partition coefficient (Wildman–Crippen LogP) is 2.75. The largest absolute Gasteiger partial charge is 0.370 e. The van der Waals surface area contributed by atoms with Crippen molar-refractivity contribution >= 4 is 53.0 Å². The van der Waals surface area contributed by atoms with Gasteiger partial charge >= 0.3 is 0 Å². The molecule has 0 amide bonds. The van der Waals surface area contributed by atoms with Crippen LogP contribution in [0.25, 0.3) is 0 Å². The zero-order chi connectivity index (χ0) is 13.0. The number of guanidine groups is 1. The molecule has 2 rings (SSSR count). The summed E-state index contributed by atoms with van der Waals surface area (Å²) in [5, 5.41) is 3.16. The van der Waals surface area contributed by atoms with E-state index in [9.17, 15) is 0 Å². The van der Waals surface area contributed by atoms with Gasteiger partial charge in [-0.15, -0.1) is 35.3 Å². The number of halogens is 1. The Labute approximate surface area is 140 Å². The van der Waals surface area contributed by atoms with E-state index in [-0.39, 0.29) is 24.0 Å². The molecule has 108 valence electrons. The van der Waals surface area contributed by atoms with Gasteiger partial charge in [-0.2, -0.15) is 11.8 Å². The molecule has 4 nitrogen and oxygen atoms in total. The van der Waals surface area contributed by atoms with E-state index in [4.69, 9.17) is 5.73 Å². The topological polar surface area (TPSA) is 54.5 Å². The maximum atomic E-state index is 6.01. The van der Waals surface area contributed by atoms with Gasteiger partial charge in [0.2, 0.25) is 0 Å². The third kappa shape index (κ3) is 5.11. The maximum absolute atomic E-state index is 6.01. The Hall–Kier alpha value is -0.0200. The summed E-state index contributed by atoms with van der Waals surface area (Å²) in [4.78, 5) is 11.2. The highest BCUT2D eigenvalue weighted by Gasteiger charge is 2.12. The van der Waals surface area contributed by atoms with Crippen LogP contribution in [-0.2, 0) is 6.54 Å². The molecule has 7 heteroatoms. The molecule has 1 saturated heterocycles.